The van der Waals surface area contributed by atoms with Crippen LogP contribution in [0.2, 0.25) is 0 Å². The van der Waals surface area contributed by atoms with Gasteiger partial charge in [-0.3, -0.25) is 4.90 Å². The molecule has 0 bridgehead atoms. The van der Waals surface area contributed by atoms with Gasteiger partial charge in [0.1, 0.15) is 5.75 Å². The fraction of sp³-hybridized carbons (Fsp3) is 0.381. The summed E-state index contributed by atoms with van der Waals surface area (Å²) >= 11 is 0. The predicted octanol–water partition coefficient (Wildman–Crippen LogP) is 3.87. The monoisotopic (exact) mass is 353 g/mol. The van der Waals surface area contributed by atoms with Gasteiger partial charge in [0, 0.05) is 25.7 Å². The first kappa shape index (κ1) is 18.3. The van der Waals surface area contributed by atoms with Crippen molar-refractivity contribution >= 4 is 11.7 Å². The minimum atomic E-state index is -0.184. The van der Waals surface area contributed by atoms with Gasteiger partial charge in [0.25, 0.3) is 0 Å². The van der Waals surface area contributed by atoms with Gasteiger partial charge < -0.3 is 15.4 Å². The Morgan fingerprint density at radius 3 is 2.65 bits per heavy atom. The molecule has 5 nitrogen and oxygen atoms in total. The van der Waals surface area contributed by atoms with Crippen molar-refractivity contribution in [1.82, 2.24) is 10.2 Å². The standard InChI is InChI=1S/C21H27N3O2/c1-16(2)26-20-11-7-6-10-19(20)23-21(25)22-18-12-13-24(15-18)14-17-8-4-3-5-9-17/h3-11,16,18H,12-15H2,1-2H3,(H2,22,23,25)/t18-/m0/s1. The Kier molecular flexibility index (Phi) is 6.12. The Morgan fingerprint density at radius 2 is 1.88 bits per heavy atom. The van der Waals surface area contributed by atoms with Gasteiger partial charge >= 0.3 is 6.03 Å². The third-order valence-corrected chi connectivity index (χ3v) is 4.35. The summed E-state index contributed by atoms with van der Waals surface area (Å²) in [6, 6.07) is 17.9. The number of anilines is 1. The fourth-order valence-electron chi connectivity index (χ4n) is 3.21. The third kappa shape index (κ3) is 5.23. The van der Waals surface area contributed by atoms with Gasteiger partial charge in [0.05, 0.1) is 11.8 Å². The minimum absolute atomic E-state index is 0.0578. The molecule has 1 heterocycles. The number of nitrogens with one attached hydrogen (secondary N) is 2. The molecule has 1 atom stereocenters. The van der Waals surface area contributed by atoms with Crippen LogP contribution in [-0.2, 0) is 6.54 Å². The van der Waals surface area contributed by atoms with Crippen LogP contribution >= 0.6 is 0 Å². The molecule has 0 radical (unpaired) electrons. The third-order valence-electron chi connectivity index (χ3n) is 4.35. The van der Waals surface area contributed by atoms with E-state index in [4.69, 9.17) is 4.74 Å². The van der Waals surface area contributed by atoms with E-state index in [1.807, 2.05) is 44.2 Å². The number of carbonyl (C=O) groups excluding carboxylic acids is 1. The molecule has 1 saturated heterocycles. The summed E-state index contributed by atoms with van der Waals surface area (Å²) in [6.07, 6.45) is 1.02. The van der Waals surface area contributed by atoms with Crippen molar-refractivity contribution in [3.63, 3.8) is 0 Å². The highest BCUT2D eigenvalue weighted by Crippen LogP contribution is 2.24. The van der Waals surface area contributed by atoms with Crippen LogP contribution in [0, 0.1) is 0 Å². The summed E-state index contributed by atoms with van der Waals surface area (Å²) < 4.78 is 5.75. The summed E-state index contributed by atoms with van der Waals surface area (Å²) in [5, 5.41) is 5.99. The van der Waals surface area contributed by atoms with Crippen molar-refractivity contribution in [2.75, 3.05) is 18.4 Å². The summed E-state index contributed by atoms with van der Waals surface area (Å²) in [4.78, 5) is 14.7. The molecule has 5 heteroatoms. The summed E-state index contributed by atoms with van der Waals surface area (Å²) in [7, 11) is 0. The van der Waals surface area contributed by atoms with Gasteiger partial charge in [-0.05, 0) is 38.0 Å². The lowest BCUT2D eigenvalue weighted by Crippen LogP contribution is -2.39. The molecule has 0 saturated carbocycles. The predicted molar refractivity (Wildman–Crippen MR) is 104 cm³/mol. The van der Waals surface area contributed by atoms with E-state index in [0.717, 1.165) is 26.1 Å². The second-order valence-corrected chi connectivity index (χ2v) is 6.97. The van der Waals surface area contributed by atoms with E-state index in [1.54, 1.807) is 0 Å². The number of likely N-dealkylation sites (tertiary alicyclic amines) is 1. The quantitative estimate of drug-likeness (QED) is 0.829. The number of hydrogen-bond acceptors (Lipinski definition) is 3. The summed E-state index contributed by atoms with van der Waals surface area (Å²) in [5.74, 6) is 0.690. The first-order valence-electron chi connectivity index (χ1n) is 9.19. The molecule has 1 aliphatic heterocycles. The van der Waals surface area contributed by atoms with E-state index in [9.17, 15) is 4.79 Å². The Labute approximate surface area is 155 Å². The molecular formula is C21H27N3O2. The number of carbonyl (C=O) groups is 1. The Hall–Kier alpha value is -2.53. The number of ether oxygens (including phenoxy) is 1. The van der Waals surface area contributed by atoms with Crippen LogP contribution in [-0.4, -0.2) is 36.2 Å². The molecule has 138 valence electrons. The van der Waals surface area contributed by atoms with E-state index in [-0.39, 0.29) is 18.2 Å². The molecule has 26 heavy (non-hydrogen) atoms. The van der Waals surface area contributed by atoms with Crippen molar-refractivity contribution < 1.29 is 9.53 Å². The van der Waals surface area contributed by atoms with Gasteiger partial charge in [-0.15, -0.1) is 0 Å². The van der Waals surface area contributed by atoms with E-state index in [0.29, 0.717) is 11.4 Å². The lowest BCUT2D eigenvalue weighted by atomic mass is 10.2. The van der Waals surface area contributed by atoms with Gasteiger partial charge in [0.15, 0.2) is 0 Å². The number of benzene rings is 2. The number of para-hydroxylation sites is 2. The first-order valence-corrected chi connectivity index (χ1v) is 9.19. The zero-order valence-electron chi connectivity index (χ0n) is 15.4. The van der Waals surface area contributed by atoms with Crippen LogP contribution in [0.3, 0.4) is 0 Å². The first-order chi connectivity index (χ1) is 12.6. The Morgan fingerprint density at radius 1 is 1.15 bits per heavy atom. The SMILES string of the molecule is CC(C)Oc1ccccc1NC(=O)N[C@H]1CCN(Cc2ccccc2)C1. The zero-order valence-corrected chi connectivity index (χ0v) is 15.4. The molecule has 1 aliphatic rings. The van der Waals surface area contributed by atoms with Gasteiger partial charge in [-0.2, -0.15) is 0 Å². The van der Waals surface area contributed by atoms with Crippen molar-refractivity contribution in [1.29, 1.82) is 0 Å². The second kappa shape index (κ2) is 8.72. The number of nitrogens with zero attached hydrogens (tertiary/aromatic N) is 1. The van der Waals surface area contributed by atoms with E-state index in [1.165, 1.54) is 5.56 Å². The molecule has 0 unspecified atom stereocenters. The highest BCUT2D eigenvalue weighted by Gasteiger charge is 2.24. The highest BCUT2D eigenvalue weighted by atomic mass is 16.5. The van der Waals surface area contributed by atoms with Crippen LogP contribution in [0.25, 0.3) is 0 Å². The van der Waals surface area contributed by atoms with Crippen molar-refractivity contribution in [2.45, 2.75) is 39.0 Å². The van der Waals surface area contributed by atoms with Crippen LogP contribution in [0.15, 0.2) is 54.6 Å². The molecule has 3 rings (SSSR count). The summed E-state index contributed by atoms with van der Waals surface area (Å²) in [6.45, 7) is 6.72. The van der Waals surface area contributed by atoms with Crippen molar-refractivity contribution in [3.05, 3.63) is 60.2 Å². The van der Waals surface area contributed by atoms with Crippen LogP contribution in [0.5, 0.6) is 5.75 Å². The Balaban J connectivity index is 1.50. The molecular weight excluding hydrogens is 326 g/mol. The number of urea groups is 1. The molecule has 2 amide bonds. The molecule has 2 aromatic rings. The van der Waals surface area contributed by atoms with Gasteiger partial charge in [-0.25, -0.2) is 4.79 Å². The molecule has 2 aromatic carbocycles. The molecule has 1 fully saturated rings. The van der Waals surface area contributed by atoms with Crippen LogP contribution in [0.1, 0.15) is 25.8 Å². The maximum Gasteiger partial charge on any atom is 0.319 e. The second-order valence-electron chi connectivity index (χ2n) is 6.97. The molecule has 0 aliphatic carbocycles. The zero-order chi connectivity index (χ0) is 18.4. The smallest absolute Gasteiger partial charge is 0.319 e. The lowest BCUT2D eigenvalue weighted by molar-refractivity contribution is 0.240. The van der Waals surface area contributed by atoms with Crippen molar-refractivity contribution in [2.24, 2.45) is 0 Å². The minimum Gasteiger partial charge on any atom is -0.489 e. The maximum absolute atomic E-state index is 12.4. The normalized spacial score (nSPS) is 17.3. The van der Waals surface area contributed by atoms with Crippen molar-refractivity contribution in [3.8, 4) is 5.75 Å². The molecule has 0 spiro atoms. The Bertz CT molecular complexity index is 718. The summed E-state index contributed by atoms with van der Waals surface area (Å²) in [5.41, 5.74) is 2.00. The van der Waals surface area contributed by atoms with E-state index < -0.39 is 0 Å². The van der Waals surface area contributed by atoms with Gasteiger partial charge in [0.2, 0.25) is 0 Å². The van der Waals surface area contributed by atoms with Crippen LogP contribution < -0.4 is 15.4 Å². The van der Waals surface area contributed by atoms with E-state index >= 15 is 0 Å². The van der Waals surface area contributed by atoms with Gasteiger partial charge in [-0.1, -0.05) is 42.5 Å². The lowest BCUT2D eigenvalue weighted by Gasteiger charge is -2.18. The highest BCUT2D eigenvalue weighted by molar-refractivity contribution is 5.91. The number of hydrogen-bond donors (Lipinski definition) is 2. The number of rotatable bonds is 6. The molecule has 2 N–H and O–H groups in total. The topological polar surface area (TPSA) is 53.6 Å². The largest absolute Gasteiger partial charge is 0.489 e. The fourth-order valence-corrected chi connectivity index (χ4v) is 3.21. The average Bonchev–Trinajstić information content (AvgIpc) is 3.04. The molecule has 0 aromatic heterocycles. The maximum atomic E-state index is 12.4. The van der Waals surface area contributed by atoms with E-state index in [2.05, 4.69) is 39.8 Å². The number of amides is 2. The van der Waals surface area contributed by atoms with Crippen LogP contribution in [0.4, 0.5) is 10.5 Å². The average molecular weight is 353 g/mol.